The third-order valence-electron chi connectivity index (χ3n) is 14.3. The molecule has 0 radical (unpaired) electrons. The molecule has 0 aromatic heterocycles. The zero-order chi connectivity index (χ0) is 39.9. The number of carbonyl (C=O) groups is 2. The fourth-order valence-electron chi connectivity index (χ4n) is 11.7. The van der Waals surface area contributed by atoms with Crippen LogP contribution in [0.4, 0.5) is 0 Å². The Balaban J connectivity index is 0.000000192. The average Bonchev–Trinajstić information content (AvgIpc) is 3.71. The van der Waals surface area contributed by atoms with Crippen LogP contribution in [0.2, 0.25) is 0 Å². The van der Waals surface area contributed by atoms with E-state index in [0.29, 0.717) is 11.9 Å². The quantitative estimate of drug-likeness (QED) is 0.155. The molecule has 2 heterocycles. The maximum absolute atomic E-state index is 14.0. The van der Waals surface area contributed by atoms with Gasteiger partial charge in [0.2, 0.25) is 0 Å². The van der Waals surface area contributed by atoms with Crippen molar-refractivity contribution in [1.29, 1.82) is 0 Å². The molecule has 10 heteroatoms. The predicted molar refractivity (Wildman–Crippen MR) is 238 cm³/mol. The van der Waals surface area contributed by atoms with Crippen LogP contribution in [0.25, 0.3) is 0 Å². The summed E-state index contributed by atoms with van der Waals surface area (Å²) in [5.41, 5.74) is 20.7. The Morgan fingerprint density at radius 1 is 0.576 bits per heavy atom. The first-order valence-corrected chi connectivity index (χ1v) is 21.5. The first-order valence-electron chi connectivity index (χ1n) is 20.8. The molecule has 2 unspecified atom stereocenters. The maximum Gasteiger partial charge on any atom is 0.262 e. The van der Waals surface area contributed by atoms with Gasteiger partial charge in [0.25, 0.3) is 11.8 Å². The van der Waals surface area contributed by atoms with Crippen LogP contribution in [0.15, 0.2) is 105 Å². The SMILES string of the molecule is CC(C)N1C(=O)C2(N=C1N)c1cc(Br)ccc1CC21CCc2ccccc2CC1.CC(C)N1C(=O)C2(N=C1N)c1ccccc1CC21CCc2ccccc2CC1.[CH3-].[HH].[Pd]. The second-order valence-electron chi connectivity index (χ2n) is 17.8. The number of hydrogen-bond acceptors (Lipinski definition) is 6. The minimum absolute atomic E-state index is 0. The number of fused-ring (bicyclic) bond motifs is 8. The van der Waals surface area contributed by atoms with E-state index >= 15 is 0 Å². The molecule has 0 saturated carbocycles. The Labute approximate surface area is 373 Å². The third-order valence-corrected chi connectivity index (χ3v) is 14.8. The van der Waals surface area contributed by atoms with E-state index in [1.165, 1.54) is 33.4 Å². The molecule has 314 valence electrons. The molecule has 10 rings (SSSR count). The van der Waals surface area contributed by atoms with Crippen LogP contribution in [0.3, 0.4) is 0 Å². The van der Waals surface area contributed by atoms with Crippen LogP contribution in [-0.2, 0) is 79.6 Å². The van der Waals surface area contributed by atoms with Gasteiger partial charge in [-0.1, -0.05) is 94.8 Å². The normalized spacial score (nSPS) is 24.1. The van der Waals surface area contributed by atoms with Crippen LogP contribution in [0, 0.1) is 18.3 Å². The number of rotatable bonds is 2. The van der Waals surface area contributed by atoms with E-state index in [0.717, 1.165) is 79.8 Å². The van der Waals surface area contributed by atoms with Crippen molar-refractivity contribution in [3.05, 3.63) is 147 Å². The van der Waals surface area contributed by atoms with E-state index in [9.17, 15) is 9.59 Å². The predicted octanol–water partition coefficient (Wildman–Crippen LogP) is 8.59. The first kappa shape index (κ1) is 43.0. The van der Waals surface area contributed by atoms with E-state index in [4.69, 9.17) is 21.5 Å². The molecular formula is C49H58BrN6O2Pd-. The van der Waals surface area contributed by atoms with Gasteiger partial charge in [0.1, 0.15) is 0 Å². The summed E-state index contributed by atoms with van der Waals surface area (Å²) in [7, 11) is 0. The number of carbonyl (C=O) groups excluding carboxylic acids is 2. The summed E-state index contributed by atoms with van der Waals surface area (Å²) in [6.07, 6.45) is 9.45. The summed E-state index contributed by atoms with van der Waals surface area (Å²) in [5.74, 6) is 0.848. The van der Waals surface area contributed by atoms with Gasteiger partial charge in [0, 0.05) is 49.2 Å². The molecule has 2 aliphatic heterocycles. The van der Waals surface area contributed by atoms with E-state index in [2.05, 4.69) is 101 Å². The van der Waals surface area contributed by atoms with Crippen molar-refractivity contribution in [3.8, 4) is 0 Å². The molecule has 4 spiro atoms. The van der Waals surface area contributed by atoms with Crippen molar-refractivity contribution in [2.45, 2.75) is 115 Å². The zero-order valence-corrected chi connectivity index (χ0v) is 38.0. The molecule has 8 nitrogen and oxygen atoms in total. The van der Waals surface area contributed by atoms with E-state index in [1.54, 1.807) is 9.80 Å². The number of halogens is 1. The third kappa shape index (κ3) is 6.29. The fourth-order valence-corrected chi connectivity index (χ4v) is 12.0. The van der Waals surface area contributed by atoms with Crippen molar-refractivity contribution < 1.29 is 31.4 Å². The second kappa shape index (κ2) is 15.7. The minimum Gasteiger partial charge on any atom is -0.369 e. The average molecular weight is 949 g/mol. The zero-order valence-electron chi connectivity index (χ0n) is 34.8. The topological polar surface area (TPSA) is 117 Å². The van der Waals surface area contributed by atoms with Crippen LogP contribution in [0.1, 0.15) is 99.3 Å². The van der Waals surface area contributed by atoms with Gasteiger partial charge in [-0.2, -0.15) is 0 Å². The molecule has 2 atom stereocenters. The molecule has 4 aromatic rings. The molecule has 0 saturated heterocycles. The van der Waals surface area contributed by atoms with Crippen LogP contribution in [-0.4, -0.2) is 45.6 Å². The molecule has 4 aromatic carbocycles. The number of aryl methyl sites for hydroxylation is 4. The van der Waals surface area contributed by atoms with Crippen molar-refractivity contribution in [3.63, 3.8) is 0 Å². The Morgan fingerprint density at radius 2 is 0.932 bits per heavy atom. The van der Waals surface area contributed by atoms with Gasteiger partial charge in [0.05, 0.1) is 0 Å². The Bertz CT molecular complexity index is 2330. The van der Waals surface area contributed by atoms with Gasteiger partial charge in [-0.05, 0) is 149 Å². The van der Waals surface area contributed by atoms with Gasteiger partial charge < -0.3 is 18.9 Å². The van der Waals surface area contributed by atoms with Gasteiger partial charge in [-0.3, -0.25) is 19.4 Å². The van der Waals surface area contributed by atoms with Gasteiger partial charge in [-0.15, -0.1) is 0 Å². The minimum atomic E-state index is -0.914. The molecule has 59 heavy (non-hydrogen) atoms. The number of hydrogen-bond donors (Lipinski definition) is 2. The van der Waals surface area contributed by atoms with E-state index in [1.807, 2.05) is 33.8 Å². The number of nitrogens with two attached hydrogens (primary N) is 2. The second-order valence-corrected chi connectivity index (χ2v) is 18.7. The van der Waals surface area contributed by atoms with Crippen LogP contribution < -0.4 is 11.5 Å². The molecule has 2 amide bonds. The molecular weight excluding hydrogens is 891 g/mol. The summed E-state index contributed by atoms with van der Waals surface area (Å²) < 4.78 is 0.981. The number of benzene rings is 4. The summed E-state index contributed by atoms with van der Waals surface area (Å²) in [6.45, 7) is 8.03. The van der Waals surface area contributed by atoms with Gasteiger partial charge in [-0.25, -0.2) is 9.98 Å². The van der Waals surface area contributed by atoms with Crippen molar-refractivity contribution in [2.75, 3.05) is 0 Å². The Hall–Kier alpha value is -4.10. The summed E-state index contributed by atoms with van der Waals surface area (Å²) in [6, 6.07) is 32.1. The summed E-state index contributed by atoms with van der Waals surface area (Å²) in [5, 5.41) is 0. The largest absolute Gasteiger partial charge is 0.369 e. The van der Waals surface area contributed by atoms with Gasteiger partial charge in [0.15, 0.2) is 23.0 Å². The molecule has 4 N–H and O–H groups in total. The van der Waals surface area contributed by atoms with E-state index < -0.39 is 11.1 Å². The number of aliphatic imine (C=N–C) groups is 2. The van der Waals surface area contributed by atoms with E-state index in [-0.39, 0.29) is 64.0 Å². The Kier molecular flexibility index (Phi) is 11.5. The Morgan fingerprint density at radius 3 is 1.32 bits per heavy atom. The van der Waals surface area contributed by atoms with Gasteiger partial charge >= 0.3 is 0 Å². The van der Waals surface area contributed by atoms with Crippen LogP contribution >= 0.6 is 15.9 Å². The number of nitrogens with zero attached hydrogens (tertiary/aromatic N) is 4. The van der Waals surface area contributed by atoms with Crippen LogP contribution in [0.5, 0.6) is 0 Å². The molecule has 4 aliphatic carbocycles. The number of guanidine groups is 2. The summed E-state index contributed by atoms with van der Waals surface area (Å²) in [4.78, 5) is 41.4. The standard InChI is InChI=1S/C24H26BrN3O.C24H27N3O.CH3.Pd.H2/c1-15(2)28-21(29)24(27-22(28)26)20-13-19(25)8-7-18(20)14-23(24)11-9-16-5-3-4-6-17(16)10-12-23;1-16(2)27-21(28)24(26-22(27)25)20-10-6-5-9-19(20)15-23(24)13-11-17-7-3-4-8-18(17)12-14-23;;;/h3-8,13,15H,9-12,14H2,1-2H3,(H2,26,27);3-10,16H,11-15H2,1-2H3,(H2,25,26);1H3;;1H/q;;-1;;. The van der Waals surface area contributed by atoms with Crippen molar-refractivity contribution >= 4 is 39.7 Å². The number of amides is 2. The van der Waals surface area contributed by atoms with Crippen molar-refractivity contribution in [2.24, 2.45) is 32.3 Å². The fraction of sp³-hybridized carbons (Fsp3) is 0.408. The summed E-state index contributed by atoms with van der Waals surface area (Å²) >= 11 is 3.62. The smallest absolute Gasteiger partial charge is 0.262 e. The molecule has 0 bridgehead atoms. The molecule has 6 aliphatic rings. The maximum atomic E-state index is 14.0. The monoisotopic (exact) mass is 947 g/mol. The van der Waals surface area contributed by atoms with Crippen molar-refractivity contribution in [1.82, 2.24) is 9.80 Å². The molecule has 0 fully saturated rings. The first-order chi connectivity index (χ1) is 27.4.